The lowest BCUT2D eigenvalue weighted by Gasteiger charge is -2.32. The Labute approximate surface area is 90.4 Å². The van der Waals surface area contributed by atoms with Crippen molar-refractivity contribution in [1.82, 2.24) is 5.32 Å². The topological polar surface area (TPSA) is 69.6 Å². The molecule has 1 rings (SSSR count). The third kappa shape index (κ3) is 3.55. The fourth-order valence-electron chi connectivity index (χ4n) is 2.02. The standard InChI is InChI=1S/C9H14F3NO3/c10-9(11,12)7(14)5-1-3-6(4-2-5)13-8(15)16/h5-7,13-14H,1-4H2,(H,15,16)/t5-,6-,7?. The molecule has 7 heteroatoms. The van der Waals surface area contributed by atoms with Gasteiger partial charge in [0.2, 0.25) is 0 Å². The molecule has 0 bridgehead atoms. The molecule has 16 heavy (non-hydrogen) atoms. The summed E-state index contributed by atoms with van der Waals surface area (Å²) in [5, 5.41) is 19.7. The summed E-state index contributed by atoms with van der Waals surface area (Å²) in [4.78, 5) is 10.3. The molecule has 0 aliphatic heterocycles. The first-order chi connectivity index (χ1) is 7.30. The lowest BCUT2D eigenvalue weighted by molar-refractivity contribution is -0.222. The second-order valence-corrected chi connectivity index (χ2v) is 4.05. The van der Waals surface area contributed by atoms with Crippen LogP contribution in [0.3, 0.4) is 0 Å². The first-order valence-electron chi connectivity index (χ1n) is 5.05. The van der Waals surface area contributed by atoms with E-state index in [1.54, 1.807) is 0 Å². The molecule has 94 valence electrons. The Balaban J connectivity index is 2.40. The van der Waals surface area contributed by atoms with Gasteiger partial charge in [-0.25, -0.2) is 4.79 Å². The summed E-state index contributed by atoms with van der Waals surface area (Å²) in [6, 6.07) is -0.297. The molecule has 1 unspecified atom stereocenters. The molecule has 3 N–H and O–H groups in total. The van der Waals surface area contributed by atoms with E-state index in [2.05, 4.69) is 5.32 Å². The van der Waals surface area contributed by atoms with Crippen LogP contribution in [0.25, 0.3) is 0 Å². The number of carboxylic acid groups (broad SMARTS) is 1. The second kappa shape index (κ2) is 4.90. The van der Waals surface area contributed by atoms with Crippen molar-refractivity contribution in [2.24, 2.45) is 5.92 Å². The van der Waals surface area contributed by atoms with Gasteiger partial charge in [0.15, 0.2) is 6.10 Å². The van der Waals surface area contributed by atoms with E-state index in [9.17, 15) is 18.0 Å². The molecule has 0 aromatic heterocycles. The zero-order valence-corrected chi connectivity index (χ0v) is 8.50. The number of carbonyl (C=O) groups is 1. The Kier molecular flexibility index (Phi) is 4.01. The smallest absolute Gasteiger partial charge is 0.414 e. The number of halogens is 3. The number of nitrogens with one attached hydrogen (secondary N) is 1. The quantitative estimate of drug-likeness (QED) is 0.689. The van der Waals surface area contributed by atoms with Crippen LogP contribution in [0.2, 0.25) is 0 Å². The van der Waals surface area contributed by atoms with E-state index in [1.807, 2.05) is 0 Å². The molecule has 0 saturated heterocycles. The minimum atomic E-state index is -4.59. The van der Waals surface area contributed by atoms with Gasteiger partial charge in [0.05, 0.1) is 0 Å². The van der Waals surface area contributed by atoms with Crippen LogP contribution in [-0.2, 0) is 0 Å². The predicted octanol–water partition coefficient (Wildman–Crippen LogP) is 1.74. The second-order valence-electron chi connectivity index (χ2n) is 4.05. The van der Waals surface area contributed by atoms with Crippen molar-refractivity contribution in [3.05, 3.63) is 0 Å². The van der Waals surface area contributed by atoms with Gasteiger partial charge in [0.1, 0.15) is 0 Å². The SMILES string of the molecule is O=C(O)N[C@H]1CC[C@H](C(O)C(F)(F)F)CC1. The number of amides is 1. The van der Waals surface area contributed by atoms with Crippen LogP contribution in [0.5, 0.6) is 0 Å². The van der Waals surface area contributed by atoms with Crippen molar-refractivity contribution in [3.8, 4) is 0 Å². The van der Waals surface area contributed by atoms with Gasteiger partial charge in [-0.2, -0.15) is 13.2 Å². The molecule has 0 radical (unpaired) electrons. The molecule has 1 aliphatic carbocycles. The van der Waals surface area contributed by atoms with E-state index in [4.69, 9.17) is 10.2 Å². The molecule has 1 amide bonds. The highest BCUT2D eigenvalue weighted by molar-refractivity contribution is 5.64. The van der Waals surface area contributed by atoms with Crippen molar-refractivity contribution in [1.29, 1.82) is 0 Å². The number of hydrogen-bond donors (Lipinski definition) is 3. The van der Waals surface area contributed by atoms with Gasteiger partial charge >= 0.3 is 12.3 Å². The van der Waals surface area contributed by atoms with Gasteiger partial charge in [0, 0.05) is 6.04 Å². The van der Waals surface area contributed by atoms with Crippen molar-refractivity contribution >= 4 is 6.09 Å². The molecule has 1 atom stereocenters. The van der Waals surface area contributed by atoms with Gasteiger partial charge in [-0.1, -0.05) is 0 Å². The lowest BCUT2D eigenvalue weighted by Crippen LogP contribution is -2.42. The normalized spacial score (nSPS) is 28.5. The van der Waals surface area contributed by atoms with E-state index in [0.717, 1.165) is 0 Å². The molecule has 1 saturated carbocycles. The van der Waals surface area contributed by atoms with Crippen molar-refractivity contribution in [3.63, 3.8) is 0 Å². The van der Waals surface area contributed by atoms with Crippen molar-refractivity contribution in [2.45, 2.75) is 44.0 Å². The molecule has 0 aromatic rings. The van der Waals surface area contributed by atoms with Gasteiger partial charge in [-0.05, 0) is 31.6 Å². The summed E-state index contributed by atoms with van der Waals surface area (Å²) in [6.45, 7) is 0. The number of alkyl halides is 3. The van der Waals surface area contributed by atoms with Gasteiger partial charge < -0.3 is 15.5 Å². The Bertz CT molecular complexity index is 249. The van der Waals surface area contributed by atoms with E-state index in [0.29, 0.717) is 12.8 Å². The first-order valence-corrected chi connectivity index (χ1v) is 5.05. The highest BCUT2D eigenvalue weighted by atomic mass is 19.4. The summed E-state index contributed by atoms with van der Waals surface area (Å²) in [5.41, 5.74) is 0. The summed E-state index contributed by atoms with van der Waals surface area (Å²) in [5.74, 6) is -0.813. The maximum atomic E-state index is 12.2. The Morgan fingerprint density at radius 2 is 1.75 bits per heavy atom. The van der Waals surface area contributed by atoms with Crippen molar-refractivity contribution in [2.75, 3.05) is 0 Å². The zero-order valence-electron chi connectivity index (χ0n) is 8.50. The van der Waals surface area contributed by atoms with Crippen LogP contribution in [0.15, 0.2) is 0 Å². The number of aliphatic hydroxyl groups is 1. The predicted molar refractivity (Wildman–Crippen MR) is 49.0 cm³/mol. The molecule has 4 nitrogen and oxygen atoms in total. The van der Waals surface area contributed by atoms with E-state index >= 15 is 0 Å². The molecular formula is C9H14F3NO3. The average Bonchev–Trinajstić information content (AvgIpc) is 2.15. The maximum absolute atomic E-state index is 12.2. The van der Waals surface area contributed by atoms with E-state index in [-0.39, 0.29) is 18.9 Å². The van der Waals surface area contributed by atoms with Crippen LogP contribution in [0, 0.1) is 5.92 Å². The highest BCUT2D eigenvalue weighted by Gasteiger charge is 2.44. The van der Waals surface area contributed by atoms with Gasteiger partial charge in [-0.15, -0.1) is 0 Å². The summed E-state index contributed by atoms with van der Waals surface area (Å²) in [7, 11) is 0. The van der Waals surface area contributed by atoms with Crippen LogP contribution in [-0.4, -0.2) is 34.6 Å². The van der Waals surface area contributed by atoms with Crippen LogP contribution < -0.4 is 5.32 Å². The van der Waals surface area contributed by atoms with Gasteiger partial charge in [0.25, 0.3) is 0 Å². The summed E-state index contributed by atoms with van der Waals surface area (Å²) in [6.07, 6.45) is -7.00. The third-order valence-corrected chi connectivity index (χ3v) is 2.88. The molecule has 1 fully saturated rings. The number of hydrogen-bond acceptors (Lipinski definition) is 2. The molecule has 1 aliphatic rings. The van der Waals surface area contributed by atoms with Crippen LogP contribution in [0.4, 0.5) is 18.0 Å². The fourth-order valence-corrected chi connectivity index (χ4v) is 2.02. The Hall–Kier alpha value is -0.980. The zero-order chi connectivity index (χ0) is 12.3. The first kappa shape index (κ1) is 13.1. The monoisotopic (exact) mass is 241 g/mol. The molecular weight excluding hydrogens is 227 g/mol. The van der Waals surface area contributed by atoms with E-state index in [1.165, 1.54) is 0 Å². The maximum Gasteiger partial charge on any atom is 0.414 e. The molecule has 0 heterocycles. The third-order valence-electron chi connectivity index (χ3n) is 2.88. The van der Waals surface area contributed by atoms with Crippen molar-refractivity contribution < 1.29 is 28.2 Å². The lowest BCUT2D eigenvalue weighted by atomic mass is 9.82. The minimum Gasteiger partial charge on any atom is -0.465 e. The number of rotatable bonds is 2. The average molecular weight is 241 g/mol. The largest absolute Gasteiger partial charge is 0.465 e. The summed E-state index contributed by atoms with van der Waals surface area (Å²) >= 11 is 0. The minimum absolute atomic E-state index is 0.186. The Morgan fingerprint density at radius 3 is 2.12 bits per heavy atom. The Morgan fingerprint density at radius 1 is 1.25 bits per heavy atom. The van der Waals surface area contributed by atoms with Gasteiger partial charge in [-0.3, -0.25) is 0 Å². The molecule has 0 aromatic carbocycles. The van der Waals surface area contributed by atoms with Crippen LogP contribution in [0.1, 0.15) is 25.7 Å². The molecule has 0 spiro atoms. The highest BCUT2D eigenvalue weighted by Crippen LogP contribution is 2.34. The number of aliphatic hydroxyl groups excluding tert-OH is 1. The van der Waals surface area contributed by atoms with Crippen LogP contribution >= 0.6 is 0 Å². The van der Waals surface area contributed by atoms with E-state index < -0.39 is 24.3 Å². The fraction of sp³-hybridized carbons (Fsp3) is 0.889. The summed E-state index contributed by atoms with van der Waals surface area (Å²) < 4.78 is 36.5.